The first kappa shape index (κ1) is 17.7. The fraction of sp³-hybridized carbons (Fsp3) is 0.389. The van der Waals surface area contributed by atoms with Crippen molar-refractivity contribution in [3.8, 4) is 11.3 Å². The summed E-state index contributed by atoms with van der Waals surface area (Å²) in [6, 6.07) is 8.41. The van der Waals surface area contributed by atoms with Gasteiger partial charge in [-0.3, -0.25) is 4.79 Å². The minimum atomic E-state index is -3.49. The number of aldehydes is 1. The highest BCUT2D eigenvalue weighted by molar-refractivity contribution is 7.92. The number of hydrogen-bond acceptors (Lipinski definition) is 6. The third-order valence-electron chi connectivity index (χ3n) is 4.27. The Labute approximate surface area is 147 Å². The second-order valence-electron chi connectivity index (χ2n) is 6.19. The molecule has 6 nitrogen and oxygen atoms in total. The Kier molecular flexibility index (Phi) is 4.96. The van der Waals surface area contributed by atoms with Crippen molar-refractivity contribution in [1.29, 1.82) is 0 Å². The fourth-order valence-electron chi connectivity index (χ4n) is 2.79. The van der Waals surface area contributed by atoms with E-state index in [9.17, 15) is 13.2 Å². The van der Waals surface area contributed by atoms with Gasteiger partial charge in [0, 0.05) is 24.3 Å². The average molecular weight is 363 g/mol. The molecule has 0 unspecified atom stereocenters. The summed E-state index contributed by atoms with van der Waals surface area (Å²) in [7, 11) is -3.49. The summed E-state index contributed by atoms with van der Waals surface area (Å²) in [4.78, 5) is 13.3. The average Bonchev–Trinajstić information content (AvgIpc) is 3.11. The summed E-state index contributed by atoms with van der Waals surface area (Å²) in [6.07, 6.45) is 0.603. The summed E-state index contributed by atoms with van der Waals surface area (Å²) in [5.41, 5.74) is 1.39. The second-order valence-corrected chi connectivity index (χ2v) is 8.67. The van der Waals surface area contributed by atoms with Gasteiger partial charge >= 0.3 is 0 Å². The molecule has 7 heteroatoms. The molecule has 1 aliphatic heterocycles. The number of furan rings is 1. The van der Waals surface area contributed by atoms with Crippen molar-refractivity contribution in [2.75, 3.05) is 31.2 Å². The lowest BCUT2D eigenvalue weighted by molar-refractivity contribution is 0.110. The summed E-state index contributed by atoms with van der Waals surface area (Å²) in [6.45, 7) is 6.05. The molecule has 0 saturated carbocycles. The van der Waals surface area contributed by atoms with Crippen LogP contribution in [0.25, 0.3) is 11.3 Å². The van der Waals surface area contributed by atoms with E-state index in [4.69, 9.17) is 9.15 Å². The Morgan fingerprint density at radius 2 is 1.84 bits per heavy atom. The van der Waals surface area contributed by atoms with Gasteiger partial charge in [-0.1, -0.05) is 0 Å². The Balaban J connectivity index is 2.13. The largest absolute Gasteiger partial charge is 0.453 e. The van der Waals surface area contributed by atoms with Gasteiger partial charge in [0.15, 0.2) is 21.9 Å². The van der Waals surface area contributed by atoms with Gasteiger partial charge in [-0.2, -0.15) is 0 Å². The number of nitrogens with zero attached hydrogens (tertiary/aromatic N) is 1. The van der Waals surface area contributed by atoms with Crippen LogP contribution in [0.2, 0.25) is 0 Å². The molecule has 0 bridgehead atoms. The van der Waals surface area contributed by atoms with Crippen LogP contribution in [-0.2, 0) is 14.6 Å². The Morgan fingerprint density at radius 1 is 1.12 bits per heavy atom. The Bertz CT molecular complexity index is 863. The van der Waals surface area contributed by atoms with E-state index in [0.29, 0.717) is 30.8 Å². The van der Waals surface area contributed by atoms with Gasteiger partial charge in [-0.25, -0.2) is 8.42 Å². The molecule has 2 heterocycles. The zero-order valence-electron chi connectivity index (χ0n) is 14.3. The molecule has 0 spiro atoms. The van der Waals surface area contributed by atoms with E-state index in [1.807, 2.05) is 12.1 Å². The number of morpholine rings is 1. The number of rotatable bonds is 5. The van der Waals surface area contributed by atoms with Crippen molar-refractivity contribution < 1.29 is 22.4 Å². The topological polar surface area (TPSA) is 76.8 Å². The molecule has 2 aromatic rings. The van der Waals surface area contributed by atoms with Crippen LogP contribution >= 0.6 is 0 Å². The number of benzene rings is 1. The Morgan fingerprint density at radius 3 is 2.44 bits per heavy atom. The van der Waals surface area contributed by atoms with Crippen molar-refractivity contribution in [3.05, 3.63) is 36.1 Å². The molecule has 0 amide bonds. The summed E-state index contributed by atoms with van der Waals surface area (Å²) >= 11 is 0. The summed E-state index contributed by atoms with van der Waals surface area (Å²) in [5.74, 6) is 0.538. The maximum atomic E-state index is 12.7. The minimum Gasteiger partial charge on any atom is -0.453 e. The molecular weight excluding hydrogens is 342 g/mol. The molecule has 0 atom stereocenters. The third-order valence-corrected chi connectivity index (χ3v) is 6.49. The van der Waals surface area contributed by atoms with E-state index in [2.05, 4.69) is 4.90 Å². The van der Waals surface area contributed by atoms with Crippen LogP contribution in [0.5, 0.6) is 0 Å². The predicted molar refractivity (Wildman–Crippen MR) is 94.9 cm³/mol. The van der Waals surface area contributed by atoms with Gasteiger partial charge in [0.05, 0.1) is 23.4 Å². The van der Waals surface area contributed by atoms with Crippen LogP contribution in [0.1, 0.15) is 24.4 Å². The molecule has 1 aliphatic rings. The lowest BCUT2D eigenvalue weighted by Gasteiger charge is -2.29. The monoisotopic (exact) mass is 363 g/mol. The maximum absolute atomic E-state index is 12.7. The van der Waals surface area contributed by atoms with E-state index in [1.54, 1.807) is 26.0 Å². The van der Waals surface area contributed by atoms with Crippen LogP contribution in [0.15, 0.2) is 39.6 Å². The predicted octanol–water partition coefficient (Wildman–Crippen LogP) is 2.78. The smallest absolute Gasteiger partial charge is 0.185 e. The zero-order chi connectivity index (χ0) is 18.0. The van der Waals surface area contributed by atoms with E-state index >= 15 is 0 Å². The van der Waals surface area contributed by atoms with E-state index < -0.39 is 15.1 Å². The molecule has 1 aromatic heterocycles. The molecule has 1 fully saturated rings. The number of hydrogen-bond donors (Lipinski definition) is 0. The molecule has 0 radical (unpaired) electrons. The number of anilines is 1. The number of sulfone groups is 1. The molecule has 25 heavy (non-hydrogen) atoms. The molecule has 0 aliphatic carbocycles. The number of carbonyl (C=O) groups is 1. The van der Waals surface area contributed by atoms with Crippen molar-refractivity contribution >= 4 is 21.8 Å². The zero-order valence-corrected chi connectivity index (χ0v) is 15.1. The summed E-state index contributed by atoms with van der Waals surface area (Å²) in [5, 5.41) is -0.555. The molecule has 1 aromatic carbocycles. The van der Waals surface area contributed by atoms with Crippen LogP contribution in [-0.4, -0.2) is 46.3 Å². The SMILES string of the molecule is CC(C)S(=O)(=O)c1ccc(N2CCOCC2)cc1-c1ccc(C=O)o1. The fourth-order valence-corrected chi connectivity index (χ4v) is 4.02. The standard InChI is InChI=1S/C18H21NO5S/c1-13(2)25(21,22)18-6-3-14(19-7-9-23-10-8-19)11-16(18)17-5-4-15(12-20)24-17/h3-6,11-13H,7-10H2,1-2H3. The van der Waals surface area contributed by atoms with E-state index in [0.717, 1.165) is 18.8 Å². The summed E-state index contributed by atoms with van der Waals surface area (Å²) < 4.78 is 36.4. The highest BCUT2D eigenvalue weighted by Crippen LogP contribution is 2.34. The van der Waals surface area contributed by atoms with Gasteiger partial charge in [0.1, 0.15) is 5.76 Å². The highest BCUT2D eigenvalue weighted by atomic mass is 32.2. The maximum Gasteiger partial charge on any atom is 0.185 e. The van der Waals surface area contributed by atoms with Gasteiger partial charge < -0.3 is 14.1 Å². The normalized spacial score (nSPS) is 15.6. The van der Waals surface area contributed by atoms with Crippen molar-refractivity contribution in [3.63, 3.8) is 0 Å². The molecular formula is C18H21NO5S. The highest BCUT2D eigenvalue weighted by Gasteiger charge is 2.26. The first-order chi connectivity index (χ1) is 11.9. The minimum absolute atomic E-state index is 0.166. The molecule has 1 saturated heterocycles. The van der Waals surface area contributed by atoms with E-state index in [1.165, 1.54) is 6.07 Å². The second kappa shape index (κ2) is 7.01. The quantitative estimate of drug-likeness (QED) is 0.760. The first-order valence-electron chi connectivity index (χ1n) is 8.19. The van der Waals surface area contributed by atoms with Gasteiger partial charge in [-0.05, 0) is 44.2 Å². The van der Waals surface area contributed by atoms with Crippen LogP contribution in [0.3, 0.4) is 0 Å². The van der Waals surface area contributed by atoms with Crippen molar-refractivity contribution in [2.24, 2.45) is 0 Å². The number of ether oxygens (including phenoxy) is 1. The van der Waals surface area contributed by atoms with Crippen LogP contribution in [0.4, 0.5) is 5.69 Å². The molecule has 0 N–H and O–H groups in total. The van der Waals surface area contributed by atoms with Crippen LogP contribution in [0, 0.1) is 0 Å². The Hall–Kier alpha value is -2.12. The number of carbonyl (C=O) groups excluding carboxylic acids is 1. The van der Waals surface area contributed by atoms with Gasteiger partial charge in [0.25, 0.3) is 0 Å². The van der Waals surface area contributed by atoms with Gasteiger partial charge in [-0.15, -0.1) is 0 Å². The third kappa shape index (κ3) is 3.48. The lowest BCUT2D eigenvalue weighted by Crippen LogP contribution is -2.36. The van der Waals surface area contributed by atoms with E-state index in [-0.39, 0.29) is 10.7 Å². The molecule has 134 valence electrons. The lowest BCUT2D eigenvalue weighted by atomic mass is 10.1. The van der Waals surface area contributed by atoms with Crippen molar-refractivity contribution in [1.82, 2.24) is 0 Å². The molecule has 3 rings (SSSR count). The van der Waals surface area contributed by atoms with Crippen molar-refractivity contribution in [2.45, 2.75) is 24.0 Å². The van der Waals surface area contributed by atoms with Crippen LogP contribution < -0.4 is 4.90 Å². The van der Waals surface area contributed by atoms with Gasteiger partial charge in [0.2, 0.25) is 0 Å². The first-order valence-corrected chi connectivity index (χ1v) is 9.74.